The molecule has 21 heavy (non-hydrogen) atoms. The van der Waals surface area contributed by atoms with E-state index in [2.05, 4.69) is 20.2 Å². The van der Waals surface area contributed by atoms with E-state index in [0.717, 1.165) is 42.8 Å². The minimum atomic E-state index is 0.624. The van der Waals surface area contributed by atoms with Crippen LogP contribution < -0.4 is 15.0 Å². The lowest BCUT2D eigenvalue weighted by molar-refractivity contribution is 0.460. The molecule has 0 amide bonds. The first kappa shape index (κ1) is 14.0. The zero-order valence-electron chi connectivity index (χ0n) is 11.7. The van der Waals surface area contributed by atoms with E-state index >= 15 is 0 Å². The second-order valence-corrected chi connectivity index (χ2v) is 5.43. The summed E-state index contributed by atoms with van der Waals surface area (Å²) in [4.78, 5) is 9.63. The molecule has 1 aliphatic heterocycles. The first-order chi connectivity index (χ1) is 10.3. The van der Waals surface area contributed by atoms with Crippen LogP contribution in [0.2, 0.25) is 0 Å². The largest absolute Gasteiger partial charge is 0.439 e. The maximum atomic E-state index is 5.79. The number of hydrogen-bond acceptors (Lipinski definition) is 5. The van der Waals surface area contributed by atoms with Gasteiger partial charge in [-0.15, -0.1) is 0 Å². The Morgan fingerprint density at radius 1 is 1.19 bits per heavy atom. The molecule has 2 aromatic heterocycles. The van der Waals surface area contributed by atoms with Crippen LogP contribution in [0, 0.1) is 4.51 Å². The summed E-state index contributed by atoms with van der Waals surface area (Å²) < 4.78 is 6.54. The Morgan fingerprint density at radius 3 is 3.05 bits per heavy atom. The quantitative estimate of drug-likeness (QED) is 0.854. The van der Waals surface area contributed by atoms with Crippen LogP contribution >= 0.6 is 12.2 Å². The summed E-state index contributed by atoms with van der Waals surface area (Å²) in [6.07, 6.45) is 6.50. The minimum absolute atomic E-state index is 0.624. The molecule has 0 aliphatic carbocycles. The maximum Gasteiger partial charge on any atom is 0.198 e. The molecular formula is C15H18N4OS. The Hall–Kier alpha value is -1.92. The molecule has 1 saturated heterocycles. The third-order valence-corrected chi connectivity index (χ3v) is 3.63. The molecule has 2 N–H and O–H groups in total. The number of nitrogens with zero attached hydrogens (tertiary/aromatic N) is 2. The monoisotopic (exact) mass is 302 g/mol. The molecule has 0 bridgehead atoms. The van der Waals surface area contributed by atoms with Crippen molar-refractivity contribution in [2.45, 2.75) is 6.42 Å². The molecule has 0 atom stereocenters. The van der Waals surface area contributed by atoms with Crippen molar-refractivity contribution in [3.05, 3.63) is 41.3 Å². The third-order valence-electron chi connectivity index (χ3n) is 3.38. The van der Waals surface area contributed by atoms with Gasteiger partial charge in [-0.3, -0.25) is 4.98 Å². The summed E-state index contributed by atoms with van der Waals surface area (Å²) in [6.45, 7) is 4.09. The molecule has 110 valence electrons. The van der Waals surface area contributed by atoms with Crippen LogP contribution in [0.3, 0.4) is 0 Å². The second kappa shape index (κ2) is 6.69. The van der Waals surface area contributed by atoms with Gasteiger partial charge in [-0.2, -0.15) is 0 Å². The van der Waals surface area contributed by atoms with Crippen LogP contribution in [0.5, 0.6) is 11.6 Å². The fourth-order valence-corrected chi connectivity index (χ4v) is 2.53. The van der Waals surface area contributed by atoms with E-state index in [9.17, 15) is 0 Å². The maximum absolute atomic E-state index is 5.79. The summed E-state index contributed by atoms with van der Waals surface area (Å²) in [6, 6.07) is 5.63. The minimum Gasteiger partial charge on any atom is -0.439 e. The van der Waals surface area contributed by atoms with E-state index in [4.69, 9.17) is 17.0 Å². The molecule has 6 heteroatoms. The standard InChI is InChI=1S/C15H18N4OS/c21-14-2-4-18-15(9-14)20-13-8-12(10-17-11-13)19-6-1-3-16-5-7-19/h2,4,8-11,16H,1,3,5-7H2,(H,18,21). The summed E-state index contributed by atoms with van der Waals surface area (Å²) >= 11 is 5.13. The highest BCUT2D eigenvalue weighted by atomic mass is 32.1. The Labute approximate surface area is 129 Å². The number of hydrogen-bond donors (Lipinski definition) is 2. The molecule has 0 radical (unpaired) electrons. The van der Waals surface area contributed by atoms with Gasteiger partial charge in [0.15, 0.2) is 5.88 Å². The highest BCUT2D eigenvalue weighted by Crippen LogP contribution is 2.24. The molecule has 0 unspecified atom stereocenters. The van der Waals surface area contributed by atoms with Crippen molar-refractivity contribution in [3.8, 4) is 11.6 Å². The predicted molar refractivity (Wildman–Crippen MR) is 85.6 cm³/mol. The molecule has 3 heterocycles. The topological polar surface area (TPSA) is 53.2 Å². The van der Waals surface area contributed by atoms with Crippen molar-refractivity contribution >= 4 is 17.9 Å². The van der Waals surface area contributed by atoms with Crippen molar-refractivity contribution in [1.82, 2.24) is 15.3 Å². The summed E-state index contributed by atoms with van der Waals surface area (Å²) in [5.41, 5.74) is 1.09. The number of aromatic amines is 1. The molecule has 0 spiro atoms. The zero-order valence-corrected chi connectivity index (χ0v) is 12.5. The summed E-state index contributed by atoms with van der Waals surface area (Å²) in [5, 5.41) is 3.40. The lowest BCUT2D eigenvalue weighted by atomic mass is 10.3. The average Bonchev–Trinajstić information content (AvgIpc) is 2.77. The molecule has 0 aromatic carbocycles. The highest BCUT2D eigenvalue weighted by molar-refractivity contribution is 7.71. The van der Waals surface area contributed by atoms with Gasteiger partial charge in [0.2, 0.25) is 0 Å². The van der Waals surface area contributed by atoms with Crippen LogP contribution in [0.25, 0.3) is 0 Å². The summed E-state index contributed by atoms with van der Waals surface area (Å²) in [7, 11) is 0. The van der Waals surface area contributed by atoms with E-state index in [0.29, 0.717) is 11.6 Å². The third kappa shape index (κ3) is 3.80. The molecule has 1 fully saturated rings. The first-order valence-electron chi connectivity index (χ1n) is 7.08. The SMILES string of the molecule is S=c1cc[nH]c(Oc2cncc(N3CCCNCC3)c2)c1. The molecule has 5 nitrogen and oxygen atoms in total. The molecule has 3 rings (SSSR count). The lowest BCUT2D eigenvalue weighted by Gasteiger charge is -2.22. The molecule has 1 aliphatic rings. The second-order valence-electron chi connectivity index (χ2n) is 4.96. The zero-order chi connectivity index (χ0) is 14.5. The van der Waals surface area contributed by atoms with Gasteiger partial charge in [0.05, 0.1) is 18.1 Å². The van der Waals surface area contributed by atoms with Crippen molar-refractivity contribution in [2.24, 2.45) is 0 Å². The molecule has 0 saturated carbocycles. The normalized spacial score (nSPS) is 15.5. The number of pyridine rings is 2. The fraction of sp³-hybridized carbons (Fsp3) is 0.333. The van der Waals surface area contributed by atoms with Crippen LogP contribution in [-0.2, 0) is 0 Å². The van der Waals surface area contributed by atoms with Gasteiger partial charge in [-0.25, -0.2) is 0 Å². The van der Waals surface area contributed by atoms with Crippen LogP contribution in [0.4, 0.5) is 5.69 Å². The van der Waals surface area contributed by atoms with Gasteiger partial charge in [0, 0.05) is 42.5 Å². The number of aromatic nitrogens is 2. The van der Waals surface area contributed by atoms with Gasteiger partial charge < -0.3 is 19.9 Å². The first-order valence-corrected chi connectivity index (χ1v) is 7.49. The number of anilines is 1. The lowest BCUT2D eigenvalue weighted by Crippen LogP contribution is -2.27. The van der Waals surface area contributed by atoms with Gasteiger partial charge in [0.25, 0.3) is 0 Å². The summed E-state index contributed by atoms with van der Waals surface area (Å²) in [5.74, 6) is 1.33. The van der Waals surface area contributed by atoms with Crippen molar-refractivity contribution in [3.63, 3.8) is 0 Å². The molecule has 2 aromatic rings. The Balaban J connectivity index is 1.77. The van der Waals surface area contributed by atoms with Crippen LogP contribution in [0.1, 0.15) is 6.42 Å². The number of H-pyrrole nitrogens is 1. The number of nitrogens with one attached hydrogen (secondary N) is 2. The Kier molecular flexibility index (Phi) is 4.47. The fourth-order valence-electron chi connectivity index (χ4n) is 2.35. The van der Waals surface area contributed by atoms with E-state index in [1.807, 2.05) is 18.3 Å². The van der Waals surface area contributed by atoms with E-state index in [1.54, 1.807) is 18.5 Å². The predicted octanol–water partition coefficient (Wildman–Crippen LogP) is 2.73. The van der Waals surface area contributed by atoms with Crippen molar-refractivity contribution in [1.29, 1.82) is 0 Å². The smallest absolute Gasteiger partial charge is 0.198 e. The van der Waals surface area contributed by atoms with E-state index in [1.165, 1.54) is 0 Å². The molecular weight excluding hydrogens is 284 g/mol. The Bertz CT molecular complexity index is 650. The number of ether oxygens (including phenoxy) is 1. The highest BCUT2D eigenvalue weighted by Gasteiger charge is 2.10. The van der Waals surface area contributed by atoms with Gasteiger partial charge in [-0.05, 0) is 19.0 Å². The van der Waals surface area contributed by atoms with Gasteiger partial charge in [0.1, 0.15) is 5.75 Å². The van der Waals surface area contributed by atoms with E-state index in [-0.39, 0.29) is 0 Å². The van der Waals surface area contributed by atoms with Gasteiger partial charge >= 0.3 is 0 Å². The van der Waals surface area contributed by atoms with Crippen molar-refractivity contribution < 1.29 is 4.74 Å². The van der Waals surface area contributed by atoms with Crippen LogP contribution in [0.15, 0.2) is 36.8 Å². The van der Waals surface area contributed by atoms with Crippen molar-refractivity contribution in [2.75, 3.05) is 31.1 Å². The van der Waals surface area contributed by atoms with Crippen LogP contribution in [-0.4, -0.2) is 36.1 Å². The number of rotatable bonds is 3. The average molecular weight is 302 g/mol. The van der Waals surface area contributed by atoms with E-state index < -0.39 is 0 Å². The van der Waals surface area contributed by atoms with Gasteiger partial charge in [-0.1, -0.05) is 12.2 Å². The Morgan fingerprint density at radius 2 is 2.14 bits per heavy atom.